The molecule has 1 saturated carbocycles. The summed E-state index contributed by atoms with van der Waals surface area (Å²) in [7, 11) is 3.80. The van der Waals surface area contributed by atoms with Gasteiger partial charge in [-0.25, -0.2) is 4.98 Å². The summed E-state index contributed by atoms with van der Waals surface area (Å²) in [6.07, 6.45) is 0. The van der Waals surface area contributed by atoms with Crippen LogP contribution in [0.15, 0.2) is 48.5 Å². The summed E-state index contributed by atoms with van der Waals surface area (Å²) < 4.78 is 13.5. The first-order valence-corrected chi connectivity index (χ1v) is 9.62. The van der Waals surface area contributed by atoms with Gasteiger partial charge in [0.1, 0.15) is 17.3 Å². The highest BCUT2D eigenvalue weighted by molar-refractivity contribution is 5.77. The van der Waals surface area contributed by atoms with Crippen molar-refractivity contribution < 1.29 is 9.47 Å². The lowest BCUT2D eigenvalue weighted by Crippen LogP contribution is -2.26. The minimum atomic E-state index is 0.714. The number of likely N-dealkylation sites (tertiary alicyclic amines) is 1. The first-order valence-electron chi connectivity index (χ1n) is 9.62. The third-order valence-corrected chi connectivity index (χ3v) is 6.18. The number of benzene rings is 2. The van der Waals surface area contributed by atoms with E-state index in [1.165, 1.54) is 0 Å². The summed E-state index contributed by atoms with van der Waals surface area (Å²) in [4.78, 5) is 7.36. The lowest BCUT2D eigenvalue weighted by atomic mass is 10.2. The van der Waals surface area contributed by atoms with Crippen molar-refractivity contribution >= 4 is 11.0 Å². The van der Waals surface area contributed by atoms with Gasteiger partial charge in [0.25, 0.3) is 0 Å². The van der Waals surface area contributed by atoms with Crippen LogP contribution in [-0.2, 0) is 13.6 Å². The number of imidazole rings is 1. The Morgan fingerprint density at radius 1 is 1.04 bits per heavy atom. The van der Waals surface area contributed by atoms with Crippen LogP contribution in [0.5, 0.6) is 11.5 Å². The lowest BCUT2D eigenvalue weighted by molar-refractivity contribution is 0.226. The summed E-state index contributed by atoms with van der Waals surface area (Å²) in [6.45, 7) is 4.06. The Morgan fingerprint density at radius 2 is 1.81 bits per heavy atom. The molecule has 5 rings (SSSR count). The van der Waals surface area contributed by atoms with Gasteiger partial charge in [-0.3, -0.25) is 4.90 Å². The van der Waals surface area contributed by atoms with Crippen molar-refractivity contribution in [1.82, 2.24) is 14.5 Å². The predicted molar refractivity (Wildman–Crippen MR) is 105 cm³/mol. The van der Waals surface area contributed by atoms with Crippen LogP contribution in [0, 0.1) is 17.8 Å². The van der Waals surface area contributed by atoms with Gasteiger partial charge < -0.3 is 14.0 Å². The second-order valence-corrected chi connectivity index (χ2v) is 7.75. The van der Waals surface area contributed by atoms with Crippen molar-refractivity contribution in [2.75, 3.05) is 26.8 Å². The minimum Gasteiger partial charge on any atom is -0.497 e. The number of aromatic nitrogens is 2. The Bertz CT molecular complexity index is 941. The van der Waals surface area contributed by atoms with Crippen molar-refractivity contribution in [2.45, 2.75) is 6.54 Å². The Morgan fingerprint density at radius 3 is 2.56 bits per heavy atom. The molecule has 0 bridgehead atoms. The van der Waals surface area contributed by atoms with E-state index in [1.807, 2.05) is 42.5 Å². The normalized spacial score (nSPS) is 24.1. The Kier molecular flexibility index (Phi) is 4.05. The highest BCUT2D eigenvalue weighted by atomic mass is 16.5. The van der Waals surface area contributed by atoms with E-state index in [0.717, 1.165) is 66.4 Å². The van der Waals surface area contributed by atoms with Gasteiger partial charge in [0, 0.05) is 32.1 Å². The van der Waals surface area contributed by atoms with E-state index in [-0.39, 0.29) is 0 Å². The average molecular weight is 363 g/mol. The highest BCUT2D eigenvalue weighted by Gasteiger charge is 2.55. The van der Waals surface area contributed by atoms with Gasteiger partial charge in [-0.2, -0.15) is 0 Å². The van der Waals surface area contributed by atoms with Crippen LogP contribution in [0.1, 0.15) is 5.82 Å². The van der Waals surface area contributed by atoms with Crippen molar-refractivity contribution in [3.63, 3.8) is 0 Å². The summed E-state index contributed by atoms with van der Waals surface area (Å²) in [5, 5.41) is 0. The van der Waals surface area contributed by atoms with Crippen molar-refractivity contribution in [3.8, 4) is 11.5 Å². The Balaban J connectivity index is 1.19. The van der Waals surface area contributed by atoms with Gasteiger partial charge >= 0.3 is 0 Å². The first kappa shape index (κ1) is 16.6. The maximum atomic E-state index is 5.95. The number of fused-ring (bicyclic) bond motifs is 2. The van der Waals surface area contributed by atoms with Crippen LogP contribution >= 0.6 is 0 Å². The van der Waals surface area contributed by atoms with Crippen LogP contribution in [0.25, 0.3) is 11.0 Å². The maximum absolute atomic E-state index is 5.95. The summed E-state index contributed by atoms with van der Waals surface area (Å²) in [6, 6.07) is 16.2. The Hall–Kier alpha value is -2.53. The summed E-state index contributed by atoms with van der Waals surface area (Å²) >= 11 is 0. The molecular formula is C22H25N3O2. The molecule has 1 aliphatic heterocycles. The monoisotopic (exact) mass is 363 g/mol. The predicted octanol–water partition coefficient (Wildman–Crippen LogP) is 3.34. The largest absolute Gasteiger partial charge is 0.497 e. The number of methoxy groups -OCH3 is 1. The van der Waals surface area contributed by atoms with Crippen LogP contribution in [-0.4, -0.2) is 41.3 Å². The fourth-order valence-corrected chi connectivity index (χ4v) is 4.51. The van der Waals surface area contributed by atoms with Crippen LogP contribution in [0.3, 0.4) is 0 Å². The molecule has 5 nitrogen and oxygen atoms in total. The molecule has 5 heteroatoms. The molecule has 1 aromatic heterocycles. The quantitative estimate of drug-likeness (QED) is 0.673. The zero-order valence-electron chi connectivity index (χ0n) is 15.8. The molecule has 1 saturated heterocycles. The average Bonchev–Trinajstić information content (AvgIpc) is 3.01. The lowest BCUT2D eigenvalue weighted by Gasteiger charge is -2.19. The Labute approximate surface area is 159 Å². The van der Waals surface area contributed by atoms with E-state index in [1.54, 1.807) is 7.11 Å². The van der Waals surface area contributed by atoms with Crippen molar-refractivity contribution in [3.05, 3.63) is 54.4 Å². The molecule has 0 amide bonds. The second kappa shape index (κ2) is 6.57. The smallest absolute Gasteiger partial charge is 0.123 e. The third kappa shape index (κ3) is 3.06. The van der Waals surface area contributed by atoms with Gasteiger partial charge in [-0.05, 0) is 36.1 Å². The van der Waals surface area contributed by atoms with Crippen LogP contribution in [0.2, 0.25) is 0 Å². The first-order chi connectivity index (χ1) is 13.2. The molecule has 0 radical (unpaired) electrons. The molecule has 2 fully saturated rings. The van der Waals surface area contributed by atoms with E-state index in [2.05, 4.69) is 22.6 Å². The van der Waals surface area contributed by atoms with Gasteiger partial charge in [0.2, 0.25) is 0 Å². The number of para-hydroxylation sites is 1. The zero-order valence-corrected chi connectivity index (χ0v) is 15.8. The van der Waals surface area contributed by atoms with E-state index in [0.29, 0.717) is 5.92 Å². The number of aryl methyl sites for hydroxylation is 1. The molecule has 2 aliphatic rings. The van der Waals surface area contributed by atoms with E-state index >= 15 is 0 Å². The molecule has 2 heterocycles. The second-order valence-electron chi connectivity index (χ2n) is 7.75. The SMILES string of the molecule is COc1ccc2nc(CN3C[C@@H]4[C@@H](COc5ccccc5)[C@@H]4C3)n(C)c2c1. The fourth-order valence-electron chi connectivity index (χ4n) is 4.51. The fraction of sp³-hybridized carbons (Fsp3) is 0.409. The van der Waals surface area contributed by atoms with Gasteiger partial charge in [0.15, 0.2) is 0 Å². The number of hydrogen-bond donors (Lipinski definition) is 0. The molecule has 2 aromatic carbocycles. The topological polar surface area (TPSA) is 39.5 Å². The molecule has 27 heavy (non-hydrogen) atoms. The third-order valence-electron chi connectivity index (χ3n) is 6.18. The standard InChI is InChI=1S/C22H25N3O2/c1-24-21-10-16(26-2)8-9-20(21)23-22(24)13-25-11-17-18(12-25)19(17)14-27-15-6-4-3-5-7-15/h3-10,17-19H,11-14H2,1-2H3/t17-,18+,19+. The molecule has 3 atom stereocenters. The van der Waals surface area contributed by atoms with Gasteiger partial charge in [-0.1, -0.05) is 18.2 Å². The van der Waals surface area contributed by atoms with Gasteiger partial charge in [-0.15, -0.1) is 0 Å². The van der Waals surface area contributed by atoms with E-state index in [4.69, 9.17) is 14.5 Å². The molecular weight excluding hydrogens is 338 g/mol. The number of hydrogen-bond acceptors (Lipinski definition) is 4. The number of piperidine rings is 1. The molecule has 140 valence electrons. The molecule has 1 aliphatic carbocycles. The maximum Gasteiger partial charge on any atom is 0.123 e. The van der Waals surface area contributed by atoms with E-state index < -0.39 is 0 Å². The van der Waals surface area contributed by atoms with Crippen LogP contribution < -0.4 is 9.47 Å². The number of ether oxygens (including phenoxy) is 2. The highest BCUT2D eigenvalue weighted by Crippen LogP contribution is 2.52. The van der Waals surface area contributed by atoms with Crippen molar-refractivity contribution in [1.29, 1.82) is 0 Å². The minimum absolute atomic E-state index is 0.714. The number of nitrogens with zero attached hydrogens (tertiary/aromatic N) is 3. The molecule has 0 N–H and O–H groups in total. The van der Waals surface area contributed by atoms with Crippen molar-refractivity contribution in [2.24, 2.45) is 24.8 Å². The van der Waals surface area contributed by atoms with Crippen LogP contribution in [0.4, 0.5) is 0 Å². The molecule has 0 unspecified atom stereocenters. The molecule has 0 spiro atoms. The van der Waals surface area contributed by atoms with E-state index in [9.17, 15) is 0 Å². The summed E-state index contributed by atoms with van der Waals surface area (Å²) in [5.74, 6) is 5.25. The number of rotatable bonds is 6. The molecule has 3 aromatic rings. The zero-order chi connectivity index (χ0) is 18.4. The van der Waals surface area contributed by atoms with Gasteiger partial charge in [0.05, 0.1) is 31.3 Å². The summed E-state index contributed by atoms with van der Waals surface area (Å²) in [5.41, 5.74) is 2.16.